The van der Waals surface area contributed by atoms with Crippen LogP contribution in [0.1, 0.15) is 18.4 Å². The summed E-state index contributed by atoms with van der Waals surface area (Å²) in [6.45, 7) is 0.625. The number of hydrogen-bond donors (Lipinski definition) is 1. The van der Waals surface area contributed by atoms with Crippen LogP contribution in [0.2, 0.25) is 0 Å². The number of anilines is 1. The van der Waals surface area contributed by atoms with Gasteiger partial charge in [-0.3, -0.25) is 5.41 Å². The fraction of sp³-hybridized carbons (Fsp3) is 0.364. The quantitative estimate of drug-likeness (QED) is 0.823. The molecule has 2 nitrogen and oxygen atoms in total. The molecule has 0 saturated carbocycles. The predicted octanol–water partition coefficient (Wildman–Crippen LogP) is 3.70. The van der Waals surface area contributed by atoms with Crippen LogP contribution >= 0.6 is 12.4 Å². The van der Waals surface area contributed by atoms with Gasteiger partial charge in [-0.15, -0.1) is 12.4 Å². The van der Waals surface area contributed by atoms with Crippen molar-refractivity contribution < 1.29 is 13.2 Å². The van der Waals surface area contributed by atoms with Crippen molar-refractivity contribution in [3.63, 3.8) is 0 Å². The monoisotopic (exact) mass is 264 g/mol. The van der Waals surface area contributed by atoms with Gasteiger partial charge in [0.1, 0.15) is 5.84 Å². The van der Waals surface area contributed by atoms with Gasteiger partial charge in [-0.25, -0.2) is 0 Å². The largest absolute Gasteiger partial charge is 0.416 e. The average Bonchev–Trinajstić information content (AvgIpc) is 2.63. The summed E-state index contributed by atoms with van der Waals surface area (Å²) >= 11 is 0. The van der Waals surface area contributed by atoms with E-state index in [0.29, 0.717) is 24.5 Å². The van der Waals surface area contributed by atoms with Crippen LogP contribution in [0, 0.1) is 5.41 Å². The van der Waals surface area contributed by atoms with E-state index in [9.17, 15) is 13.2 Å². The van der Waals surface area contributed by atoms with E-state index in [1.165, 1.54) is 6.07 Å². The topological polar surface area (TPSA) is 27.1 Å². The van der Waals surface area contributed by atoms with E-state index in [-0.39, 0.29) is 12.4 Å². The average molecular weight is 265 g/mol. The maximum absolute atomic E-state index is 12.5. The molecule has 0 radical (unpaired) electrons. The van der Waals surface area contributed by atoms with Crippen LogP contribution in [0.5, 0.6) is 0 Å². The Bertz CT molecular complexity index is 417. The van der Waals surface area contributed by atoms with Crippen LogP contribution in [0.15, 0.2) is 24.3 Å². The first-order valence-corrected chi connectivity index (χ1v) is 5.01. The van der Waals surface area contributed by atoms with Crippen molar-refractivity contribution in [1.82, 2.24) is 0 Å². The van der Waals surface area contributed by atoms with Gasteiger partial charge in [-0.05, 0) is 24.6 Å². The second-order valence-corrected chi connectivity index (χ2v) is 3.75. The molecule has 0 spiro atoms. The molecule has 1 N–H and O–H groups in total. The number of benzene rings is 1. The minimum Gasteiger partial charge on any atom is -0.330 e. The Morgan fingerprint density at radius 1 is 1.24 bits per heavy atom. The van der Waals surface area contributed by atoms with Gasteiger partial charge < -0.3 is 4.90 Å². The summed E-state index contributed by atoms with van der Waals surface area (Å²) in [6, 6.07) is 5.13. The first kappa shape index (κ1) is 13.8. The number of hydrogen-bond acceptors (Lipinski definition) is 1. The number of amidine groups is 1. The second-order valence-electron chi connectivity index (χ2n) is 3.75. The molecule has 0 bridgehead atoms. The van der Waals surface area contributed by atoms with E-state index in [4.69, 9.17) is 5.41 Å². The lowest BCUT2D eigenvalue weighted by molar-refractivity contribution is -0.137. The maximum atomic E-state index is 12.5. The Morgan fingerprint density at radius 2 is 1.94 bits per heavy atom. The molecule has 0 unspecified atom stereocenters. The number of alkyl halides is 3. The van der Waals surface area contributed by atoms with Crippen LogP contribution in [-0.2, 0) is 6.18 Å². The lowest BCUT2D eigenvalue weighted by Gasteiger charge is -2.19. The number of halogens is 4. The zero-order chi connectivity index (χ0) is 11.8. The predicted molar refractivity (Wildman–Crippen MR) is 63.0 cm³/mol. The van der Waals surface area contributed by atoms with Crippen molar-refractivity contribution in [3.8, 4) is 0 Å². The molecule has 6 heteroatoms. The van der Waals surface area contributed by atoms with Gasteiger partial charge in [0, 0.05) is 18.7 Å². The van der Waals surface area contributed by atoms with Gasteiger partial charge in [0.05, 0.1) is 5.56 Å². The fourth-order valence-electron chi connectivity index (χ4n) is 1.81. The molecule has 17 heavy (non-hydrogen) atoms. The summed E-state index contributed by atoms with van der Waals surface area (Å²) in [5.41, 5.74) is -0.206. The van der Waals surface area contributed by atoms with Crippen LogP contribution in [0.3, 0.4) is 0 Å². The highest BCUT2D eigenvalue weighted by molar-refractivity contribution is 5.97. The minimum absolute atomic E-state index is 0. The summed E-state index contributed by atoms with van der Waals surface area (Å²) in [5.74, 6) is 0.388. The highest BCUT2D eigenvalue weighted by Gasteiger charge is 2.31. The van der Waals surface area contributed by atoms with Crippen molar-refractivity contribution in [1.29, 1.82) is 5.41 Å². The van der Waals surface area contributed by atoms with Gasteiger partial charge in [0.25, 0.3) is 0 Å². The molecular weight excluding hydrogens is 253 g/mol. The summed E-state index contributed by atoms with van der Waals surface area (Å²) in [6.07, 6.45) is -2.86. The SMILES string of the molecule is Cl.N=C1CCCN1c1cccc(C(F)(F)F)c1. The third-order valence-corrected chi connectivity index (χ3v) is 2.61. The number of nitrogens with zero attached hydrogens (tertiary/aromatic N) is 1. The van der Waals surface area contributed by atoms with Gasteiger partial charge in [-0.1, -0.05) is 6.07 Å². The molecule has 0 aliphatic carbocycles. The van der Waals surface area contributed by atoms with E-state index in [2.05, 4.69) is 0 Å². The molecule has 0 amide bonds. The molecule has 94 valence electrons. The van der Waals surface area contributed by atoms with Crippen molar-refractivity contribution in [2.24, 2.45) is 0 Å². The maximum Gasteiger partial charge on any atom is 0.416 e. The number of nitrogens with one attached hydrogen (secondary N) is 1. The smallest absolute Gasteiger partial charge is 0.330 e. The molecule has 1 aliphatic heterocycles. The fourth-order valence-corrected chi connectivity index (χ4v) is 1.81. The van der Waals surface area contributed by atoms with Crippen molar-refractivity contribution in [2.75, 3.05) is 11.4 Å². The van der Waals surface area contributed by atoms with E-state index in [0.717, 1.165) is 18.6 Å². The van der Waals surface area contributed by atoms with Crippen molar-refractivity contribution >= 4 is 23.9 Å². The Kier molecular flexibility index (Phi) is 4.03. The van der Waals surface area contributed by atoms with E-state index in [1.54, 1.807) is 11.0 Å². The first-order chi connectivity index (χ1) is 7.48. The van der Waals surface area contributed by atoms with Gasteiger partial charge in [-0.2, -0.15) is 13.2 Å². The molecule has 1 saturated heterocycles. The zero-order valence-corrected chi connectivity index (χ0v) is 9.74. The number of rotatable bonds is 1. The molecule has 2 rings (SSSR count). The van der Waals surface area contributed by atoms with Gasteiger partial charge >= 0.3 is 6.18 Å². The molecular formula is C11H12ClF3N2. The van der Waals surface area contributed by atoms with E-state index >= 15 is 0 Å². The Labute approximate surface area is 103 Å². The summed E-state index contributed by atoms with van der Waals surface area (Å²) in [4.78, 5) is 1.62. The van der Waals surface area contributed by atoms with Crippen LogP contribution in [-0.4, -0.2) is 12.4 Å². The third kappa shape index (κ3) is 2.91. The normalized spacial score (nSPS) is 15.9. The van der Waals surface area contributed by atoms with Crippen LogP contribution in [0.25, 0.3) is 0 Å². The van der Waals surface area contributed by atoms with Crippen LogP contribution in [0.4, 0.5) is 18.9 Å². The minimum atomic E-state index is -4.32. The van der Waals surface area contributed by atoms with Crippen molar-refractivity contribution in [2.45, 2.75) is 19.0 Å². The molecule has 1 aromatic carbocycles. The molecule has 1 fully saturated rings. The summed E-state index contributed by atoms with van der Waals surface area (Å²) < 4.78 is 37.4. The standard InChI is InChI=1S/C11H11F3N2.ClH/c12-11(13,14)8-3-1-4-9(7-8)16-6-2-5-10(16)15;/h1,3-4,7,15H,2,5-6H2;1H. The summed E-state index contributed by atoms with van der Waals surface area (Å²) in [7, 11) is 0. The van der Waals surface area contributed by atoms with Crippen LogP contribution < -0.4 is 4.90 Å². The van der Waals surface area contributed by atoms with E-state index in [1.807, 2.05) is 0 Å². The molecule has 0 aromatic heterocycles. The zero-order valence-electron chi connectivity index (χ0n) is 8.92. The lowest BCUT2D eigenvalue weighted by Crippen LogP contribution is -2.23. The summed E-state index contributed by atoms with van der Waals surface area (Å²) in [5, 5.41) is 7.61. The highest BCUT2D eigenvalue weighted by atomic mass is 35.5. The van der Waals surface area contributed by atoms with Gasteiger partial charge in [0.15, 0.2) is 0 Å². The highest BCUT2D eigenvalue weighted by Crippen LogP contribution is 2.32. The lowest BCUT2D eigenvalue weighted by atomic mass is 10.2. The van der Waals surface area contributed by atoms with Crippen molar-refractivity contribution in [3.05, 3.63) is 29.8 Å². The Hall–Kier alpha value is -1.23. The second kappa shape index (κ2) is 4.96. The van der Waals surface area contributed by atoms with E-state index < -0.39 is 11.7 Å². The Balaban J connectivity index is 0.00000144. The third-order valence-electron chi connectivity index (χ3n) is 2.61. The molecule has 1 aliphatic rings. The Morgan fingerprint density at radius 3 is 2.47 bits per heavy atom. The molecule has 1 aromatic rings. The first-order valence-electron chi connectivity index (χ1n) is 5.01. The molecule has 1 heterocycles. The van der Waals surface area contributed by atoms with Gasteiger partial charge in [0.2, 0.25) is 0 Å². The molecule has 0 atom stereocenters.